The molecule has 0 saturated carbocycles. The third-order valence-electron chi connectivity index (χ3n) is 2.79. The van der Waals surface area contributed by atoms with Gasteiger partial charge in [-0.25, -0.2) is 0 Å². The van der Waals surface area contributed by atoms with Crippen LogP contribution in [0.15, 0.2) is 22.7 Å². The molecule has 1 fully saturated rings. The summed E-state index contributed by atoms with van der Waals surface area (Å²) in [6.07, 6.45) is 0. The van der Waals surface area contributed by atoms with E-state index in [1.54, 1.807) is 0 Å². The Balaban J connectivity index is 2.23. The summed E-state index contributed by atoms with van der Waals surface area (Å²) >= 11 is 3.53. The van der Waals surface area contributed by atoms with Gasteiger partial charge in [0, 0.05) is 30.1 Å². The highest BCUT2D eigenvalue weighted by Gasteiger charge is 2.17. The van der Waals surface area contributed by atoms with Gasteiger partial charge in [-0.3, -0.25) is 0 Å². The van der Waals surface area contributed by atoms with Crippen LogP contribution in [0.1, 0.15) is 12.5 Å². The highest BCUT2D eigenvalue weighted by atomic mass is 79.9. The first-order chi connectivity index (χ1) is 7.70. The smallest absolute Gasteiger partial charge is 0.0992 e. The molecule has 0 aliphatic carbocycles. The Kier molecular flexibility index (Phi) is 3.47. The molecule has 1 aromatic carbocycles. The molecular formula is C12H14BrN3. The van der Waals surface area contributed by atoms with E-state index in [2.05, 4.69) is 39.1 Å². The predicted octanol–water partition coefficient (Wildman–Crippen LogP) is 2.12. The molecule has 16 heavy (non-hydrogen) atoms. The number of nitrogens with zero attached hydrogens (tertiary/aromatic N) is 2. The summed E-state index contributed by atoms with van der Waals surface area (Å²) in [6, 6.07) is 8.42. The van der Waals surface area contributed by atoms with Crippen LogP contribution < -0.4 is 10.2 Å². The number of halogens is 1. The Hall–Kier alpha value is -1.05. The Morgan fingerprint density at radius 1 is 1.56 bits per heavy atom. The predicted molar refractivity (Wildman–Crippen MR) is 68.5 cm³/mol. The van der Waals surface area contributed by atoms with Gasteiger partial charge >= 0.3 is 0 Å². The maximum atomic E-state index is 8.81. The second-order valence-electron chi connectivity index (χ2n) is 4.08. The van der Waals surface area contributed by atoms with Crippen molar-refractivity contribution in [1.82, 2.24) is 5.32 Å². The topological polar surface area (TPSA) is 39.1 Å². The summed E-state index contributed by atoms with van der Waals surface area (Å²) in [4.78, 5) is 2.34. The van der Waals surface area contributed by atoms with Crippen LogP contribution in [0.3, 0.4) is 0 Å². The molecule has 0 spiro atoms. The van der Waals surface area contributed by atoms with Gasteiger partial charge in [0.15, 0.2) is 0 Å². The van der Waals surface area contributed by atoms with E-state index in [1.165, 1.54) is 5.69 Å². The largest absolute Gasteiger partial charge is 0.368 e. The minimum Gasteiger partial charge on any atom is -0.368 e. The molecule has 3 nitrogen and oxygen atoms in total. The first-order valence-corrected chi connectivity index (χ1v) is 6.18. The molecule has 1 saturated heterocycles. The lowest BCUT2D eigenvalue weighted by atomic mass is 10.1. The Bertz CT molecular complexity index is 425. The van der Waals surface area contributed by atoms with Gasteiger partial charge in [0.25, 0.3) is 0 Å². The fourth-order valence-electron chi connectivity index (χ4n) is 1.98. The molecule has 0 radical (unpaired) electrons. The van der Waals surface area contributed by atoms with Crippen molar-refractivity contribution in [2.75, 3.05) is 24.5 Å². The van der Waals surface area contributed by atoms with Crippen LogP contribution in [0.25, 0.3) is 0 Å². The molecule has 1 atom stereocenters. The summed E-state index contributed by atoms with van der Waals surface area (Å²) in [7, 11) is 0. The molecular weight excluding hydrogens is 266 g/mol. The molecule has 2 rings (SSSR count). The van der Waals surface area contributed by atoms with E-state index in [0.717, 1.165) is 24.1 Å². The number of benzene rings is 1. The van der Waals surface area contributed by atoms with E-state index in [9.17, 15) is 0 Å². The quantitative estimate of drug-likeness (QED) is 0.856. The second kappa shape index (κ2) is 4.86. The number of hydrogen-bond acceptors (Lipinski definition) is 3. The van der Waals surface area contributed by atoms with Crippen LogP contribution in [0.2, 0.25) is 0 Å². The number of piperazine rings is 1. The fraction of sp³-hybridized carbons (Fsp3) is 0.417. The van der Waals surface area contributed by atoms with Crippen molar-refractivity contribution >= 4 is 21.6 Å². The Morgan fingerprint density at radius 3 is 3.00 bits per heavy atom. The molecule has 1 aliphatic rings. The van der Waals surface area contributed by atoms with Crippen LogP contribution in [-0.2, 0) is 0 Å². The van der Waals surface area contributed by atoms with Crippen molar-refractivity contribution in [3.63, 3.8) is 0 Å². The number of rotatable bonds is 1. The van der Waals surface area contributed by atoms with Crippen molar-refractivity contribution in [3.8, 4) is 6.07 Å². The van der Waals surface area contributed by atoms with Gasteiger partial charge in [-0.1, -0.05) is 0 Å². The molecule has 0 aromatic heterocycles. The molecule has 1 N–H and O–H groups in total. The number of nitrogens with one attached hydrogen (secondary N) is 1. The van der Waals surface area contributed by atoms with E-state index in [1.807, 2.05) is 18.2 Å². The van der Waals surface area contributed by atoms with E-state index < -0.39 is 0 Å². The minimum atomic E-state index is 0.510. The first kappa shape index (κ1) is 11.4. The zero-order chi connectivity index (χ0) is 11.5. The first-order valence-electron chi connectivity index (χ1n) is 5.38. The lowest BCUT2D eigenvalue weighted by molar-refractivity contribution is 0.484. The molecule has 0 unspecified atom stereocenters. The monoisotopic (exact) mass is 279 g/mol. The number of nitriles is 1. The zero-order valence-corrected chi connectivity index (χ0v) is 10.8. The lowest BCUT2D eigenvalue weighted by Crippen LogP contribution is -2.49. The van der Waals surface area contributed by atoms with Crippen LogP contribution >= 0.6 is 15.9 Å². The maximum Gasteiger partial charge on any atom is 0.0992 e. The summed E-state index contributed by atoms with van der Waals surface area (Å²) in [5.41, 5.74) is 1.87. The highest BCUT2D eigenvalue weighted by molar-refractivity contribution is 9.10. The van der Waals surface area contributed by atoms with Gasteiger partial charge in [0.05, 0.1) is 17.3 Å². The van der Waals surface area contributed by atoms with Crippen LogP contribution in [0, 0.1) is 11.3 Å². The van der Waals surface area contributed by atoms with Gasteiger partial charge in [0.1, 0.15) is 0 Å². The highest BCUT2D eigenvalue weighted by Crippen LogP contribution is 2.27. The summed E-state index contributed by atoms with van der Waals surface area (Å²) in [6.45, 7) is 5.21. The summed E-state index contributed by atoms with van der Waals surface area (Å²) < 4.78 is 1.00. The molecule has 1 heterocycles. The normalized spacial score (nSPS) is 20.6. The Labute approximate surface area is 104 Å². The van der Waals surface area contributed by atoms with E-state index in [0.29, 0.717) is 11.6 Å². The van der Waals surface area contributed by atoms with Gasteiger partial charge in [-0.2, -0.15) is 5.26 Å². The maximum absolute atomic E-state index is 8.81. The van der Waals surface area contributed by atoms with E-state index in [4.69, 9.17) is 5.26 Å². The van der Waals surface area contributed by atoms with Crippen LogP contribution in [0.4, 0.5) is 5.69 Å². The minimum absolute atomic E-state index is 0.510. The second-order valence-corrected chi connectivity index (χ2v) is 4.93. The third kappa shape index (κ3) is 2.37. The summed E-state index contributed by atoms with van der Waals surface area (Å²) in [5, 5.41) is 12.2. The van der Waals surface area contributed by atoms with E-state index in [-0.39, 0.29) is 0 Å². The van der Waals surface area contributed by atoms with E-state index >= 15 is 0 Å². The molecule has 0 amide bonds. The van der Waals surface area contributed by atoms with Crippen LogP contribution in [0.5, 0.6) is 0 Å². The Morgan fingerprint density at radius 2 is 2.38 bits per heavy atom. The third-order valence-corrected chi connectivity index (χ3v) is 3.42. The van der Waals surface area contributed by atoms with Crippen molar-refractivity contribution < 1.29 is 0 Å². The number of hydrogen-bond donors (Lipinski definition) is 1. The average molecular weight is 280 g/mol. The van der Waals surface area contributed by atoms with Crippen molar-refractivity contribution in [2.45, 2.75) is 13.0 Å². The van der Waals surface area contributed by atoms with Crippen LogP contribution in [-0.4, -0.2) is 25.7 Å². The van der Waals surface area contributed by atoms with Gasteiger partial charge in [0.2, 0.25) is 0 Å². The summed E-state index contributed by atoms with van der Waals surface area (Å²) in [5.74, 6) is 0. The van der Waals surface area contributed by atoms with Gasteiger partial charge in [-0.15, -0.1) is 0 Å². The average Bonchev–Trinajstić information content (AvgIpc) is 2.28. The van der Waals surface area contributed by atoms with Crippen molar-refractivity contribution in [2.24, 2.45) is 0 Å². The molecule has 84 valence electrons. The zero-order valence-electron chi connectivity index (χ0n) is 9.20. The van der Waals surface area contributed by atoms with Crippen molar-refractivity contribution in [1.29, 1.82) is 5.26 Å². The SMILES string of the molecule is C[C@H]1CN(c2ccc(C#N)cc2Br)CCN1. The number of anilines is 1. The standard InChI is InChI=1S/C12H14BrN3/c1-9-8-16(5-4-15-9)12-3-2-10(7-14)6-11(12)13/h2-3,6,9,15H,4-5,8H2,1H3/t9-/m0/s1. The fourth-order valence-corrected chi connectivity index (χ4v) is 2.61. The molecule has 0 bridgehead atoms. The molecule has 1 aromatic rings. The molecule has 1 aliphatic heterocycles. The van der Waals surface area contributed by atoms with Crippen molar-refractivity contribution in [3.05, 3.63) is 28.2 Å². The molecule has 4 heteroatoms. The van der Waals surface area contributed by atoms with Gasteiger partial charge < -0.3 is 10.2 Å². The van der Waals surface area contributed by atoms with Gasteiger partial charge in [-0.05, 0) is 41.1 Å². The lowest BCUT2D eigenvalue weighted by Gasteiger charge is -2.34.